The molecule has 5 heteroatoms. The van der Waals surface area contributed by atoms with Crippen molar-refractivity contribution in [2.45, 2.75) is 26.8 Å². The Balaban J connectivity index is 2.62. The van der Waals surface area contributed by atoms with Crippen molar-refractivity contribution < 1.29 is 9.53 Å². The third-order valence-corrected chi connectivity index (χ3v) is 3.16. The first kappa shape index (κ1) is 14.0. The van der Waals surface area contributed by atoms with E-state index in [-0.39, 0.29) is 12.0 Å². The van der Waals surface area contributed by atoms with Crippen molar-refractivity contribution >= 4 is 23.4 Å². The average molecular weight is 256 g/mol. The number of nitrogens with two attached hydrogens (primary N) is 1. The molecule has 0 amide bonds. The first-order chi connectivity index (χ1) is 8.06. The fraction of sp³-hybridized carbons (Fsp3) is 0.583. The zero-order chi connectivity index (χ0) is 12.8. The van der Waals surface area contributed by atoms with Crippen LogP contribution in [0, 0.1) is 0 Å². The van der Waals surface area contributed by atoms with Gasteiger partial charge in [0.25, 0.3) is 0 Å². The molecule has 0 aliphatic carbocycles. The molecule has 0 aliphatic rings. The summed E-state index contributed by atoms with van der Waals surface area (Å²) in [6, 6.07) is 1.86. The summed E-state index contributed by atoms with van der Waals surface area (Å²) in [7, 11) is 0. The number of carbonyl (C=O) groups is 1. The van der Waals surface area contributed by atoms with E-state index in [1.165, 1.54) is 0 Å². The van der Waals surface area contributed by atoms with Gasteiger partial charge in [0.15, 0.2) is 0 Å². The van der Waals surface area contributed by atoms with Crippen molar-refractivity contribution in [3.8, 4) is 0 Å². The van der Waals surface area contributed by atoms with Crippen molar-refractivity contribution in [2.24, 2.45) is 0 Å². The fourth-order valence-electron chi connectivity index (χ4n) is 1.50. The maximum absolute atomic E-state index is 11.8. The Morgan fingerprint density at radius 1 is 1.59 bits per heavy atom. The molecule has 0 aromatic carbocycles. The van der Waals surface area contributed by atoms with E-state index in [1.54, 1.807) is 24.0 Å². The minimum Gasteiger partial charge on any atom is -0.460 e. The SMILES string of the molecule is CCSCCOC(=O)c1cc(N)cn1C(C)C. The number of esters is 1. The van der Waals surface area contributed by atoms with Gasteiger partial charge in [-0.2, -0.15) is 11.8 Å². The van der Waals surface area contributed by atoms with Crippen molar-refractivity contribution in [2.75, 3.05) is 23.8 Å². The first-order valence-corrected chi connectivity index (χ1v) is 6.94. The third-order valence-electron chi connectivity index (χ3n) is 2.30. The molecule has 0 radical (unpaired) electrons. The van der Waals surface area contributed by atoms with Gasteiger partial charge in [-0.05, 0) is 25.7 Å². The molecule has 2 N–H and O–H groups in total. The molecule has 0 fully saturated rings. The quantitative estimate of drug-likeness (QED) is 0.628. The van der Waals surface area contributed by atoms with Crippen LogP contribution in [0.25, 0.3) is 0 Å². The van der Waals surface area contributed by atoms with Gasteiger partial charge < -0.3 is 15.0 Å². The number of nitrogens with zero attached hydrogens (tertiary/aromatic N) is 1. The molecule has 1 aromatic rings. The summed E-state index contributed by atoms with van der Waals surface area (Å²) in [6.07, 6.45) is 1.77. The predicted molar refractivity (Wildman–Crippen MR) is 72.5 cm³/mol. The normalized spacial score (nSPS) is 10.8. The van der Waals surface area contributed by atoms with Gasteiger partial charge in [-0.15, -0.1) is 0 Å². The van der Waals surface area contributed by atoms with Gasteiger partial charge in [0.2, 0.25) is 0 Å². The lowest BCUT2D eigenvalue weighted by molar-refractivity contribution is 0.0516. The molecule has 0 unspecified atom stereocenters. The molecule has 0 atom stereocenters. The summed E-state index contributed by atoms with van der Waals surface area (Å²) >= 11 is 1.75. The van der Waals surface area contributed by atoms with Gasteiger partial charge in [0, 0.05) is 18.0 Å². The third kappa shape index (κ3) is 4.00. The van der Waals surface area contributed by atoms with E-state index in [4.69, 9.17) is 10.5 Å². The number of nitrogen functional groups attached to an aromatic ring is 1. The zero-order valence-corrected chi connectivity index (χ0v) is 11.4. The molecular formula is C12H20N2O2S. The molecular weight excluding hydrogens is 236 g/mol. The minimum atomic E-state index is -0.299. The molecule has 0 spiro atoms. The van der Waals surface area contributed by atoms with Crippen molar-refractivity contribution in [3.63, 3.8) is 0 Å². The molecule has 0 bridgehead atoms. The average Bonchev–Trinajstić information content (AvgIpc) is 2.66. The number of hydrogen-bond acceptors (Lipinski definition) is 4. The largest absolute Gasteiger partial charge is 0.460 e. The Morgan fingerprint density at radius 2 is 2.29 bits per heavy atom. The van der Waals surface area contributed by atoms with Crippen LogP contribution in [0.2, 0.25) is 0 Å². The van der Waals surface area contributed by atoms with Crippen LogP contribution in [0.3, 0.4) is 0 Å². The topological polar surface area (TPSA) is 57.2 Å². The lowest BCUT2D eigenvalue weighted by atomic mass is 10.3. The highest BCUT2D eigenvalue weighted by Crippen LogP contribution is 2.17. The van der Waals surface area contributed by atoms with E-state index in [0.717, 1.165) is 11.5 Å². The number of carbonyl (C=O) groups excluding carboxylic acids is 1. The number of aromatic nitrogens is 1. The second-order valence-electron chi connectivity index (χ2n) is 3.99. The molecule has 1 aromatic heterocycles. The zero-order valence-electron chi connectivity index (χ0n) is 10.6. The van der Waals surface area contributed by atoms with E-state index >= 15 is 0 Å². The highest BCUT2D eigenvalue weighted by molar-refractivity contribution is 7.99. The smallest absolute Gasteiger partial charge is 0.355 e. The van der Waals surface area contributed by atoms with Crippen LogP contribution < -0.4 is 5.73 Å². The van der Waals surface area contributed by atoms with Gasteiger partial charge in [-0.1, -0.05) is 6.92 Å². The molecule has 1 rings (SSSR count). The standard InChI is InChI=1S/C12H20N2O2S/c1-4-17-6-5-16-12(15)11-7-10(13)8-14(11)9(2)3/h7-9H,4-6,13H2,1-3H3. The van der Waals surface area contributed by atoms with Crippen LogP contribution in [-0.2, 0) is 4.74 Å². The Bertz CT molecular complexity index is 375. The molecule has 0 aliphatic heterocycles. The molecule has 17 heavy (non-hydrogen) atoms. The van der Waals surface area contributed by atoms with Crippen molar-refractivity contribution in [1.82, 2.24) is 4.57 Å². The number of hydrogen-bond donors (Lipinski definition) is 1. The summed E-state index contributed by atoms with van der Waals surface area (Å²) in [5, 5.41) is 0. The molecule has 0 saturated carbocycles. The second-order valence-corrected chi connectivity index (χ2v) is 5.39. The predicted octanol–water partition coefficient (Wildman–Crippen LogP) is 2.56. The van der Waals surface area contributed by atoms with Crippen LogP contribution in [-0.4, -0.2) is 28.6 Å². The van der Waals surface area contributed by atoms with E-state index < -0.39 is 0 Å². The summed E-state index contributed by atoms with van der Waals surface area (Å²) in [5.41, 5.74) is 6.82. The van der Waals surface area contributed by atoms with Crippen LogP contribution in [0.15, 0.2) is 12.3 Å². The number of ether oxygens (including phenoxy) is 1. The van der Waals surface area contributed by atoms with E-state index in [9.17, 15) is 4.79 Å². The first-order valence-electron chi connectivity index (χ1n) is 5.78. The summed E-state index contributed by atoms with van der Waals surface area (Å²) in [5.74, 6) is 1.57. The van der Waals surface area contributed by atoms with Gasteiger partial charge in [0.05, 0.1) is 5.69 Å². The lowest BCUT2D eigenvalue weighted by Gasteiger charge is -2.11. The highest BCUT2D eigenvalue weighted by atomic mass is 32.2. The summed E-state index contributed by atoms with van der Waals surface area (Å²) in [4.78, 5) is 11.8. The molecule has 4 nitrogen and oxygen atoms in total. The fourth-order valence-corrected chi connectivity index (χ4v) is 1.99. The number of anilines is 1. The Labute approximate surface area is 107 Å². The molecule has 0 saturated heterocycles. The van der Waals surface area contributed by atoms with Crippen molar-refractivity contribution in [1.29, 1.82) is 0 Å². The van der Waals surface area contributed by atoms with Gasteiger partial charge in [0.1, 0.15) is 12.3 Å². The van der Waals surface area contributed by atoms with E-state index in [0.29, 0.717) is 18.0 Å². The second kappa shape index (κ2) is 6.59. The maximum atomic E-state index is 11.8. The molecule has 96 valence electrons. The van der Waals surface area contributed by atoms with Crippen LogP contribution in [0.4, 0.5) is 5.69 Å². The highest BCUT2D eigenvalue weighted by Gasteiger charge is 2.15. The summed E-state index contributed by atoms with van der Waals surface area (Å²) < 4.78 is 7.04. The Kier molecular flexibility index (Phi) is 5.41. The van der Waals surface area contributed by atoms with Gasteiger partial charge in [-0.25, -0.2) is 4.79 Å². The number of thioether (sulfide) groups is 1. The minimum absolute atomic E-state index is 0.194. The number of rotatable bonds is 6. The van der Waals surface area contributed by atoms with Crippen LogP contribution >= 0.6 is 11.8 Å². The maximum Gasteiger partial charge on any atom is 0.355 e. The Hall–Kier alpha value is -1.10. The van der Waals surface area contributed by atoms with Gasteiger partial charge >= 0.3 is 5.97 Å². The Morgan fingerprint density at radius 3 is 2.88 bits per heavy atom. The molecule has 1 heterocycles. The van der Waals surface area contributed by atoms with Crippen LogP contribution in [0.1, 0.15) is 37.3 Å². The summed E-state index contributed by atoms with van der Waals surface area (Å²) in [6.45, 7) is 6.53. The lowest BCUT2D eigenvalue weighted by Crippen LogP contribution is -2.14. The van der Waals surface area contributed by atoms with Gasteiger partial charge in [-0.3, -0.25) is 0 Å². The monoisotopic (exact) mass is 256 g/mol. The van der Waals surface area contributed by atoms with Crippen molar-refractivity contribution in [3.05, 3.63) is 18.0 Å². The van der Waals surface area contributed by atoms with E-state index in [1.807, 2.05) is 18.4 Å². The van der Waals surface area contributed by atoms with Crippen LogP contribution in [0.5, 0.6) is 0 Å². The van der Waals surface area contributed by atoms with E-state index in [2.05, 4.69) is 6.92 Å².